The van der Waals surface area contributed by atoms with Crippen molar-refractivity contribution in [1.29, 1.82) is 0 Å². The number of ether oxygens (including phenoxy) is 1. The summed E-state index contributed by atoms with van der Waals surface area (Å²) in [5.41, 5.74) is 1.93. The van der Waals surface area contributed by atoms with Crippen molar-refractivity contribution in [3.63, 3.8) is 0 Å². The van der Waals surface area contributed by atoms with E-state index in [2.05, 4.69) is 25.6 Å². The van der Waals surface area contributed by atoms with Crippen molar-refractivity contribution < 1.29 is 31.9 Å². The molecule has 2 N–H and O–H groups in total. The lowest BCUT2D eigenvalue weighted by Gasteiger charge is -2.33. The van der Waals surface area contributed by atoms with Crippen LogP contribution in [0.2, 0.25) is 0 Å². The first-order valence-electron chi connectivity index (χ1n) is 13.8. The molecule has 0 radical (unpaired) electrons. The monoisotopic (exact) mass is 579 g/mol. The zero-order valence-corrected chi connectivity index (χ0v) is 22.8. The quantitative estimate of drug-likeness (QED) is 0.321. The van der Waals surface area contributed by atoms with Gasteiger partial charge in [0.2, 0.25) is 11.8 Å². The lowest BCUT2D eigenvalue weighted by atomic mass is 9.81. The van der Waals surface area contributed by atoms with E-state index in [0.29, 0.717) is 22.6 Å². The number of nitrogens with zero attached hydrogens (tertiary/aromatic N) is 5. The fourth-order valence-corrected chi connectivity index (χ4v) is 5.44. The topological polar surface area (TPSA) is 115 Å². The molecule has 2 fully saturated rings. The molecule has 1 unspecified atom stereocenters. The van der Waals surface area contributed by atoms with Crippen molar-refractivity contribution in [1.82, 2.24) is 35.0 Å². The molecule has 0 bridgehead atoms. The highest BCUT2D eigenvalue weighted by Crippen LogP contribution is 2.42. The smallest absolute Gasteiger partial charge is 0.345 e. The van der Waals surface area contributed by atoms with Crippen molar-refractivity contribution in [2.45, 2.75) is 83.0 Å². The van der Waals surface area contributed by atoms with Crippen molar-refractivity contribution in [3.8, 4) is 0 Å². The van der Waals surface area contributed by atoms with Crippen LogP contribution in [0.15, 0.2) is 30.7 Å². The van der Waals surface area contributed by atoms with E-state index in [0.717, 1.165) is 12.8 Å². The summed E-state index contributed by atoms with van der Waals surface area (Å²) in [6.45, 7) is -0.00383. The highest BCUT2D eigenvalue weighted by Gasteiger charge is 2.40. The summed E-state index contributed by atoms with van der Waals surface area (Å²) < 4.78 is 60.0. The van der Waals surface area contributed by atoms with Gasteiger partial charge in [0.1, 0.15) is 12.3 Å². The minimum absolute atomic E-state index is 0.0581. The minimum atomic E-state index is -3.05. The lowest BCUT2D eigenvalue weighted by molar-refractivity contribution is -0.152. The van der Waals surface area contributed by atoms with Gasteiger partial charge in [-0.2, -0.15) is 19.0 Å². The van der Waals surface area contributed by atoms with Gasteiger partial charge in [0, 0.05) is 25.1 Å². The number of halogens is 4. The second kappa shape index (κ2) is 11.7. The van der Waals surface area contributed by atoms with E-state index < -0.39 is 37.1 Å². The van der Waals surface area contributed by atoms with E-state index in [-0.39, 0.29) is 49.5 Å². The van der Waals surface area contributed by atoms with Gasteiger partial charge < -0.3 is 15.4 Å². The van der Waals surface area contributed by atoms with Crippen LogP contribution < -0.4 is 10.6 Å². The Morgan fingerprint density at radius 1 is 1.07 bits per heavy atom. The average Bonchev–Trinajstić information content (AvgIpc) is 3.47. The maximum absolute atomic E-state index is 14.0. The molecule has 2 aliphatic rings. The molecule has 0 aliphatic heterocycles. The van der Waals surface area contributed by atoms with Crippen molar-refractivity contribution >= 4 is 17.5 Å². The van der Waals surface area contributed by atoms with Crippen LogP contribution in [0.5, 0.6) is 0 Å². The Kier molecular flexibility index (Phi) is 8.30. The van der Waals surface area contributed by atoms with Crippen LogP contribution in [0.25, 0.3) is 5.65 Å². The normalized spacial score (nSPS) is 19.0. The Morgan fingerprint density at radius 2 is 1.78 bits per heavy atom. The molecule has 14 heteroatoms. The van der Waals surface area contributed by atoms with Crippen LogP contribution >= 0.6 is 0 Å². The van der Waals surface area contributed by atoms with Gasteiger partial charge in [-0.05, 0) is 69.1 Å². The second-order valence-corrected chi connectivity index (χ2v) is 11.1. The number of nitrogens with one attached hydrogen (secondary N) is 2. The summed E-state index contributed by atoms with van der Waals surface area (Å²) in [4.78, 5) is 30.3. The largest absolute Gasteiger partial charge is 0.347 e. The molecule has 3 aromatic heterocycles. The van der Waals surface area contributed by atoms with Crippen LogP contribution in [0.4, 0.5) is 17.6 Å². The fourth-order valence-electron chi connectivity index (χ4n) is 5.44. The van der Waals surface area contributed by atoms with E-state index in [4.69, 9.17) is 4.98 Å². The average molecular weight is 580 g/mol. The Balaban J connectivity index is 1.41. The van der Waals surface area contributed by atoms with E-state index in [1.807, 2.05) is 13.8 Å². The molecule has 10 nitrogen and oxygen atoms in total. The molecular weight excluding hydrogens is 546 g/mol. The molecule has 3 aromatic rings. The van der Waals surface area contributed by atoms with Crippen LogP contribution in [-0.2, 0) is 9.53 Å². The predicted molar refractivity (Wildman–Crippen MR) is 138 cm³/mol. The van der Waals surface area contributed by atoms with Crippen molar-refractivity contribution in [2.24, 2.45) is 11.8 Å². The molecule has 2 saturated carbocycles. The molecule has 222 valence electrons. The van der Waals surface area contributed by atoms with E-state index >= 15 is 0 Å². The van der Waals surface area contributed by atoms with Crippen LogP contribution in [0, 0.1) is 11.8 Å². The third kappa shape index (κ3) is 6.85. The Bertz CT molecular complexity index is 1380. The Morgan fingerprint density at radius 3 is 2.44 bits per heavy atom. The number of hydrogen-bond donors (Lipinski definition) is 2. The zero-order chi connectivity index (χ0) is 29.3. The Labute approximate surface area is 233 Å². The molecule has 2 amide bonds. The maximum atomic E-state index is 14.0. The number of carbonyl (C=O) groups excluding carboxylic acids is 2. The summed E-state index contributed by atoms with van der Waals surface area (Å²) in [6, 6.07) is 2.20. The van der Waals surface area contributed by atoms with Gasteiger partial charge in [0.05, 0.1) is 30.2 Å². The predicted octanol–water partition coefficient (Wildman–Crippen LogP) is 4.61. The van der Waals surface area contributed by atoms with Crippen LogP contribution in [0.3, 0.4) is 0 Å². The zero-order valence-electron chi connectivity index (χ0n) is 22.8. The number of imidazole rings is 1. The molecule has 41 heavy (non-hydrogen) atoms. The third-order valence-electron chi connectivity index (χ3n) is 7.70. The van der Waals surface area contributed by atoms with Gasteiger partial charge in [0.15, 0.2) is 5.65 Å². The SMILES string of the molecule is CC(C)n1nccc1C(=O)N[C@H](c1cn2ncc(C(NC(=O)COC(F)F)C3CC3)cc2n1)C1CCC(F)(F)CC1. The number of carbonyl (C=O) groups is 2. The van der Waals surface area contributed by atoms with Gasteiger partial charge >= 0.3 is 6.61 Å². The van der Waals surface area contributed by atoms with E-state index in [1.165, 1.54) is 10.7 Å². The number of amides is 2. The molecule has 5 rings (SSSR count). The van der Waals surface area contributed by atoms with Crippen molar-refractivity contribution in [2.75, 3.05) is 6.61 Å². The molecule has 2 aliphatic carbocycles. The Hall–Kier alpha value is -3.55. The van der Waals surface area contributed by atoms with Gasteiger partial charge in [-0.25, -0.2) is 18.3 Å². The van der Waals surface area contributed by atoms with Gasteiger partial charge in [-0.15, -0.1) is 0 Å². The number of alkyl halides is 4. The number of hydrogen-bond acceptors (Lipinski definition) is 6. The molecule has 0 spiro atoms. The van der Waals surface area contributed by atoms with Crippen LogP contribution in [0.1, 0.15) is 92.2 Å². The fraction of sp³-hybridized carbons (Fsp3) is 0.593. The van der Waals surface area contributed by atoms with E-state index in [1.54, 1.807) is 29.2 Å². The standard InChI is InChI=1S/C27H33F4N7O3/c1-15(2)38-20(7-10-32-38)25(40)36-24(17-5-8-27(30,31)9-6-17)19-13-37-21(34-19)11-18(12-33-37)23(16-3-4-16)35-22(39)14-41-26(28)29/h7,10-13,15-17,23-24,26H,3-6,8-9,14H2,1-2H3,(H,35,39)(H,36,40)/t23?,24-/m0/s1. The first kappa shape index (κ1) is 29.0. The summed E-state index contributed by atoms with van der Waals surface area (Å²) in [5.74, 6) is -3.92. The van der Waals surface area contributed by atoms with Gasteiger partial charge in [-0.3, -0.25) is 14.3 Å². The molecule has 0 aromatic carbocycles. The summed E-state index contributed by atoms with van der Waals surface area (Å²) in [6.07, 6.45) is 6.37. The van der Waals surface area contributed by atoms with Crippen LogP contribution in [-0.4, -0.2) is 55.3 Å². The maximum Gasteiger partial charge on any atom is 0.345 e. The van der Waals surface area contributed by atoms with Crippen molar-refractivity contribution in [3.05, 3.63) is 47.7 Å². The third-order valence-corrected chi connectivity index (χ3v) is 7.70. The first-order valence-corrected chi connectivity index (χ1v) is 13.8. The molecule has 3 heterocycles. The lowest BCUT2D eigenvalue weighted by Crippen LogP contribution is -2.38. The summed E-state index contributed by atoms with van der Waals surface area (Å²) in [7, 11) is 0. The highest BCUT2D eigenvalue weighted by molar-refractivity contribution is 5.92. The minimum Gasteiger partial charge on any atom is -0.347 e. The molecular formula is C27H33F4N7O3. The second-order valence-electron chi connectivity index (χ2n) is 11.1. The first-order chi connectivity index (χ1) is 19.5. The summed E-state index contributed by atoms with van der Waals surface area (Å²) >= 11 is 0. The number of aromatic nitrogens is 5. The van der Waals surface area contributed by atoms with E-state index in [9.17, 15) is 27.2 Å². The molecule has 2 atom stereocenters. The molecule has 0 saturated heterocycles. The van der Waals surface area contributed by atoms with Gasteiger partial charge in [0.25, 0.3) is 5.91 Å². The highest BCUT2D eigenvalue weighted by atomic mass is 19.3. The summed E-state index contributed by atoms with van der Waals surface area (Å²) in [5, 5.41) is 14.4. The number of rotatable bonds is 11. The van der Waals surface area contributed by atoms with Gasteiger partial charge in [-0.1, -0.05) is 0 Å². The number of fused-ring (bicyclic) bond motifs is 1.